The van der Waals surface area contributed by atoms with Crippen molar-refractivity contribution in [3.05, 3.63) is 11.1 Å². The molecule has 126 valence electrons. The normalized spacial score (nSPS) is 56.0. The third kappa shape index (κ3) is 1.89. The van der Waals surface area contributed by atoms with Gasteiger partial charge in [0.2, 0.25) is 0 Å². The van der Waals surface area contributed by atoms with E-state index in [1.165, 1.54) is 51.4 Å². The van der Waals surface area contributed by atoms with Crippen LogP contribution in [0.15, 0.2) is 11.1 Å². The van der Waals surface area contributed by atoms with E-state index in [0.29, 0.717) is 6.10 Å². The fourth-order valence-corrected chi connectivity index (χ4v) is 8.65. The number of ether oxygens (including phenoxy) is 1. The fourth-order valence-electron chi connectivity index (χ4n) is 8.65. The maximum absolute atomic E-state index is 6.51. The van der Waals surface area contributed by atoms with Gasteiger partial charge in [0.05, 0.1) is 6.10 Å². The van der Waals surface area contributed by atoms with Crippen LogP contribution in [0.4, 0.5) is 0 Å². The Balaban J connectivity index is 1.46. The van der Waals surface area contributed by atoms with Crippen LogP contribution in [0.5, 0.6) is 0 Å². The Hall–Kier alpha value is -0.300. The number of hydrogen-bond acceptors (Lipinski definition) is 1. The zero-order valence-electron chi connectivity index (χ0n) is 14.7. The number of rotatable bonds is 2. The van der Waals surface area contributed by atoms with E-state index in [1.807, 2.05) is 11.1 Å². The van der Waals surface area contributed by atoms with E-state index >= 15 is 0 Å². The Morgan fingerprint density at radius 3 is 1.96 bits per heavy atom. The second-order valence-electron chi connectivity index (χ2n) is 10.0. The highest BCUT2D eigenvalue weighted by Gasteiger charge is 2.55. The molecular weight excluding hydrogens is 280 g/mol. The summed E-state index contributed by atoms with van der Waals surface area (Å²) in [6.07, 6.45) is 14.3. The van der Waals surface area contributed by atoms with Crippen molar-refractivity contribution >= 4 is 0 Å². The minimum absolute atomic E-state index is 0.531. The fraction of sp³-hybridized carbons (Fsp3) is 0.909. The highest BCUT2D eigenvalue weighted by atomic mass is 16.5. The van der Waals surface area contributed by atoms with Gasteiger partial charge in [-0.2, -0.15) is 0 Å². The molecule has 7 rings (SSSR count). The molecule has 0 unspecified atom stereocenters. The second kappa shape index (κ2) is 4.87. The van der Waals surface area contributed by atoms with Crippen molar-refractivity contribution in [2.45, 2.75) is 70.8 Å². The van der Waals surface area contributed by atoms with Gasteiger partial charge in [-0.15, -0.1) is 0 Å². The van der Waals surface area contributed by atoms with Crippen LogP contribution in [0.2, 0.25) is 0 Å². The third-order valence-electron chi connectivity index (χ3n) is 8.88. The lowest BCUT2D eigenvalue weighted by Gasteiger charge is -2.54. The predicted molar refractivity (Wildman–Crippen MR) is 91.9 cm³/mol. The lowest BCUT2D eigenvalue weighted by atomic mass is 9.51. The van der Waals surface area contributed by atoms with Crippen molar-refractivity contribution in [1.82, 2.24) is 0 Å². The van der Waals surface area contributed by atoms with Gasteiger partial charge in [0, 0.05) is 6.61 Å². The lowest BCUT2D eigenvalue weighted by molar-refractivity contribution is -0.00324. The van der Waals surface area contributed by atoms with Crippen molar-refractivity contribution in [3.8, 4) is 0 Å². The molecule has 0 aromatic rings. The van der Waals surface area contributed by atoms with Crippen molar-refractivity contribution in [1.29, 1.82) is 0 Å². The molecule has 1 heteroatoms. The van der Waals surface area contributed by atoms with Crippen molar-refractivity contribution in [2.75, 3.05) is 6.61 Å². The minimum atomic E-state index is 0.531. The molecule has 7 bridgehead atoms. The van der Waals surface area contributed by atoms with Crippen LogP contribution in [-0.4, -0.2) is 12.7 Å². The quantitative estimate of drug-likeness (QED) is 0.636. The number of fused-ring (bicyclic) bond motifs is 2. The summed E-state index contributed by atoms with van der Waals surface area (Å²) in [5.74, 6) is 7.98. The van der Waals surface area contributed by atoms with Crippen LogP contribution in [-0.2, 0) is 4.74 Å². The van der Waals surface area contributed by atoms with Gasteiger partial charge in [0.15, 0.2) is 0 Å². The Bertz CT molecular complexity index is 514. The summed E-state index contributed by atoms with van der Waals surface area (Å²) < 4.78 is 6.51. The van der Waals surface area contributed by atoms with E-state index < -0.39 is 0 Å². The largest absolute Gasteiger partial charge is 0.374 e. The third-order valence-corrected chi connectivity index (χ3v) is 8.88. The van der Waals surface area contributed by atoms with E-state index in [2.05, 4.69) is 6.92 Å². The minimum Gasteiger partial charge on any atom is -0.374 e. The van der Waals surface area contributed by atoms with E-state index in [9.17, 15) is 0 Å². The van der Waals surface area contributed by atoms with Gasteiger partial charge in [-0.3, -0.25) is 0 Å². The van der Waals surface area contributed by atoms with Gasteiger partial charge in [-0.05, 0) is 118 Å². The van der Waals surface area contributed by atoms with Gasteiger partial charge in [-0.25, -0.2) is 0 Å². The summed E-state index contributed by atoms with van der Waals surface area (Å²) in [4.78, 5) is 0. The molecule has 0 aromatic heterocycles. The van der Waals surface area contributed by atoms with Crippen LogP contribution in [0.25, 0.3) is 0 Å². The molecule has 0 aliphatic heterocycles. The van der Waals surface area contributed by atoms with Crippen molar-refractivity contribution < 1.29 is 4.74 Å². The van der Waals surface area contributed by atoms with Gasteiger partial charge in [0.25, 0.3) is 0 Å². The molecule has 0 amide bonds. The Morgan fingerprint density at radius 1 is 0.696 bits per heavy atom. The van der Waals surface area contributed by atoms with Crippen LogP contribution >= 0.6 is 0 Å². The topological polar surface area (TPSA) is 9.23 Å². The maximum Gasteiger partial charge on any atom is 0.0821 e. The number of hydrogen-bond donors (Lipinski definition) is 0. The number of allylic oxidation sites excluding steroid dienone is 1. The Labute approximate surface area is 141 Å². The Morgan fingerprint density at radius 2 is 1.30 bits per heavy atom. The molecule has 7 fully saturated rings. The molecule has 1 nitrogen and oxygen atoms in total. The summed E-state index contributed by atoms with van der Waals surface area (Å²) in [6, 6.07) is 0. The zero-order valence-corrected chi connectivity index (χ0v) is 14.7. The molecule has 7 aliphatic carbocycles. The second-order valence-corrected chi connectivity index (χ2v) is 10.0. The van der Waals surface area contributed by atoms with Gasteiger partial charge < -0.3 is 4.74 Å². The molecule has 0 heterocycles. The average molecular weight is 312 g/mol. The van der Waals surface area contributed by atoms with Gasteiger partial charge in [0.1, 0.15) is 0 Å². The summed E-state index contributed by atoms with van der Waals surface area (Å²) in [5.41, 5.74) is 3.90. The van der Waals surface area contributed by atoms with Crippen LogP contribution in [0, 0.1) is 47.3 Å². The highest BCUT2D eigenvalue weighted by molar-refractivity contribution is 5.34. The molecule has 0 saturated heterocycles. The standard InChI is InChI=1S/C22H32O/c1-2-23-22-19-10-14-4-15(19)11-18(9-14)21(22)20-16-5-12-3-13(7-16)8-17(20)6-12/h12-19,22H,2-11H2,1H3/t12?,13?,14-,15+,16?,17?,18-,19+,22-/m1/s1. The smallest absolute Gasteiger partial charge is 0.0821 e. The summed E-state index contributed by atoms with van der Waals surface area (Å²) in [5, 5.41) is 0. The first-order valence-electron chi connectivity index (χ1n) is 10.7. The lowest BCUT2D eigenvalue weighted by Crippen LogP contribution is -2.45. The highest BCUT2D eigenvalue weighted by Crippen LogP contribution is 2.63. The first-order chi connectivity index (χ1) is 11.3. The molecule has 5 atom stereocenters. The van der Waals surface area contributed by atoms with Crippen LogP contribution in [0.3, 0.4) is 0 Å². The summed E-state index contributed by atoms with van der Waals surface area (Å²) in [7, 11) is 0. The average Bonchev–Trinajstić information content (AvgIpc) is 2.76. The molecule has 7 aliphatic rings. The first kappa shape index (κ1) is 13.9. The SMILES string of the molecule is CCO[C@H]1C(=C2C3CC4CC(C3)CC2C4)[C@@H]2C[C@H]3C[C@@H](C2)[C@@H]1C3. The molecular formula is C22H32O. The molecule has 0 N–H and O–H groups in total. The van der Waals surface area contributed by atoms with Crippen LogP contribution < -0.4 is 0 Å². The molecule has 23 heavy (non-hydrogen) atoms. The monoisotopic (exact) mass is 312 g/mol. The van der Waals surface area contributed by atoms with E-state index in [0.717, 1.165) is 54.0 Å². The molecule has 0 aromatic carbocycles. The molecule has 0 spiro atoms. The van der Waals surface area contributed by atoms with Crippen molar-refractivity contribution in [2.24, 2.45) is 47.3 Å². The molecule has 0 radical (unpaired) electrons. The Kier molecular flexibility index (Phi) is 2.95. The van der Waals surface area contributed by atoms with E-state index in [1.54, 1.807) is 6.42 Å². The summed E-state index contributed by atoms with van der Waals surface area (Å²) in [6.45, 7) is 3.14. The van der Waals surface area contributed by atoms with Gasteiger partial charge >= 0.3 is 0 Å². The maximum atomic E-state index is 6.51. The zero-order chi connectivity index (χ0) is 15.1. The van der Waals surface area contributed by atoms with Gasteiger partial charge in [-0.1, -0.05) is 5.57 Å². The van der Waals surface area contributed by atoms with Crippen molar-refractivity contribution in [3.63, 3.8) is 0 Å². The van der Waals surface area contributed by atoms with E-state index in [-0.39, 0.29) is 0 Å². The van der Waals surface area contributed by atoms with Crippen LogP contribution in [0.1, 0.15) is 64.7 Å². The summed E-state index contributed by atoms with van der Waals surface area (Å²) >= 11 is 0. The molecule has 7 saturated carbocycles. The predicted octanol–water partition coefficient (Wildman–Crippen LogP) is 5.21. The van der Waals surface area contributed by atoms with E-state index in [4.69, 9.17) is 4.74 Å². The first-order valence-corrected chi connectivity index (χ1v) is 10.7.